The molecule has 0 radical (unpaired) electrons. The minimum atomic E-state index is -3.14. The van der Waals surface area contributed by atoms with E-state index in [1.807, 2.05) is 49.4 Å². The van der Waals surface area contributed by atoms with E-state index in [-0.39, 0.29) is 13.0 Å². The molecule has 5 nitrogen and oxygen atoms in total. The summed E-state index contributed by atoms with van der Waals surface area (Å²) < 4.78 is 15.2. The van der Waals surface area contributed by atoms with E-state index in [9.17, 15) is 9.36 Å². The van der Waals surface area contributed by atoms with Gasteiger partial charge in [0.25, 0.3) is 7.44 Å². The summed E-state index contributed by atoms with van der Waals surface area (Å²) in [5.41, 5.74) is 1.86. The largest absolute Gasteiger partial charge is 0.481 e. The van der Waals surface area contributed by atoms with Gasteiger partial charge in [-0.05, 0) is 38.2 Å². The van der Waals surface area contributed by atoms with Crippen LogP contribution < -0.4 is 10.4 Å². The highest BCUT2D eigenvalue weighted by Gasteiger charge is 2.30. The molecule has 0 spiro atoms. The van der Waals surface area contributed by atoms with Gasteiger partial charge in [-0.3, -0.25) is 9.36 Å². The Morgan fingerprint density at radius 2 is 1.74 bits per heavy atom. The van der Waals surface area contributed by atoms with Gasteiger partial charge in [-0.25, -0.2) is 4.67 Å². The number of benzene rings is 2. The first-order valence-corrected chi connectivity index (χ1v) is 9.02. The van der Waals surface area contributed by atoms with Crippen LogP contribution >= 0.6 is 7.44 Å². The van der Waals surface area contributed by atoms with Crippen molar-refractivity contribution >= 4 is 24.4 Å². The van der Waals surface area contributed by atoms with Crippen molar-refractivity contribution in [2.24, 2.45) is 0 Å². The SMILES string of the molecule is Cc1ccc(NP(=O)(c2ccccc2)N(C)CCC(=O)O)cc1. The highest BCUT2D eigenvalue weighted by Crippen LogP contribution is 2.47. The molecule has 2 aromatic carbocycles. The molecule has 0 heterocycles. The Hall–Kier alpha value is -2.10. The Balaban J connectivity index is 2.32. The van der Waals surface area contributed by atoms with Crippen LogP contribution in [-0.2, 0) is 9.36 Å². The van der Waals surface area contributed by atoms with Crippen LogP contribution in [0.1, 0.15) is 12.0 Å². The van der Waals surface area contributed by atoms with Gasteiger partial charge in [0.15, 0.2) is 0 Å². The normalized spacial score (nSPS) is 13.5. The van der Waals surface area contributed by atoms with E-state index < -0.39 is 13.4 Å². The Morgan fingerprint density at radius 3 is 2.30 bits per heavy atom. The van der Waals surface area contributed by atoms with Crippen LogP contribution in [0.5, 0.6) is 0 Å². The van der Waals surface area contributed by atoms with Crippen molar-refractivity contribution in [1.29, 1.82) is 0 Å². The number of carbonyl (C=O) groups is 1. The smallest absolute Gasteiger partial charge is 0.304 e. The van der Waals surface area contributed by atoms with Gasteiger partial charge in [0.05, 0.1) is 6.42 Å². The fraction of sp³-hybridized carbons (Fsp3) is 0.235. The number of hydrogen-bond acceptors (Lipinski definition) is 2. The van der Waals surface area contributed by atoms with Crippen molar-refractivity contribution in [3.05, 3.63) is 60.2 Å². The summed E-state index contributed by atoms with van der Waals surface area (Å²) >= 11 is 0. The Kier molecular flexibility index (Phi) is 5.59. The van der Waals surface area contributed by atoms with Gasteiger partial charge in [0.1, 0.15) is 0 Å². The Morgan fingerprint density at radius 1 is 1.13 bits per heavy atom. The molecular weight excluding hydrogens is 311 g/mol. The van der Waals surface area contributed by atoms with E-state index in [4.69, 9.17) is 5.11 Å². The summed E-state index contributed by atoms with van der Waals surface area (Å²) in [4.78, 5) is 10.8. The molecule has 122 valence electrons. The number of hydrogen-bond donors (Lipinski definition) is 2. The second-order valence-corrected chi connectivity index (χ2v) is 7.99. The summed E-state index contributed by atoms with van der Waals surface area (Å²) in [5.74, 6) is -0.910. The quantitative estimate of drug-likeness (QED) is 0.761. The maximum Gasteiger partial charge on any atom is 0.304 e. The van der Waals surface area contributed by atoms with Crippen molar-refractivity contribution in [3.63, 3.8) is 0 Å². The molecule has 0 amide bonds. The highest BCUT2D eigenvalue weighted by molar-refractivity contribution is 7.70. The first-order valence-electron chi connectivity index (χ1n) is 7.36. The third-order valence-corrected chi connectivity index (χ3v) is 6.29. The summed E-state index contributed by atoms with van der Waals surface area (Å²) in [7, 11) is -1.46. The first kappa shape index (κ1) is 17.3. The predicted molar refractivity (Wildman–Crippen MR) is 93.4 cm³/mol. The summed E-state index contributed by atoms with van der Waals surface area (Å²) in [6, 6.07) is 16.7. The van der Waals surface area contributed by atoms with Crippen molar-refractivity contribution in [2.75, 3.05) is 18.7 Å². The van der Waals surface area contributed by atoms with Crippen LogP contribution in [-0.4, -0.2) is 29.3 Å². The van der Waals surface area contributed by atoms with E-state index in [0.717, 1.165) is 11.3 Å². The number of nitrogens with one attached hydrogen (secondary N) is 1. The van der Waals surface area contributed by atoms with Crippen LogP contribution in [0.25, 0.3) is 0 Å². The van der Waals surface area contributed by atoms with Gasteiger partial charge in [0.2, 0.25) is 0 Å². The first-order chi connectivity index (χ1) is 10.9. The number of nitrogens with zero attached hydrogens (tertiary/aromatic N) is 1. The van der Waals surface area contributed by atoms with E-state index in [1.54, 1.807) is 23.9 Å². The summed E-state index contributed by atoms with van der Waals surface area (Å²) in [6.07, 6.45) is -0.0666. The monoisotopic (exact) mass is 332 g/mol. The third kappa shape index (κ3) is 4.44. The molecule has 2 aromatic rings. The second kappa shape index (κ2) is 7.44. The highest BCUT2D eigenvalue weighted by atomic mass is 31.2. The molecule has 0 saturated carbocycles. The molecule has 2 N–H and O–H groups in total. The van der Waals surface area contributed by atoms with Crippen LogP contribution in [0.2, 0.25) is 0 Å². The van der Waals surface area contributed by atoms with Gasteiger partial charge < -0.3 is 10.2 Å². The maximum absolute atomic E-state index is 13.6. The molecule has 0 aliphatic rings. The van der Waals surface area contributed by atoms with Crippen molar-refractivity contribution in [2.45, 2.75) is 13.3 Å². The summed E-state index contributed by atoms with van der Waals surface area (Å²) in [6.45, 7) is 2.18. The second-order valence-electron chi connectivity index (χ2n) is 5.41. The van der Waals surface area contributed by atoms with Gasteiger partial charge >= 0.3 is 5.97 Å². The fourth-order valence-corrected chi connectivity index (χ4v) is 4.33. The third-order valence-electron chi connectivity index (χ3n) is 3.57. The molecular formula is C17H21N2O3P. The average molecular weight is 332 g/mol. The van der Waals surface area contributed by atoms with Crippen LogP contribution in [0.4, 0.5) is 5.69 Å². The molecule has 1 atom stereocenters. The lowest BCUT2D eigenvalue weighted by Gasteiger charge is -2.29. The molecule has 0 aliphatic heterocycles. The molecule has 0 saturated heterocycles. The Bertz CT molecular complexity index is 702. The van der Waals surface area contributed by atoms with Crippen LogP contribution in [0.3, 0.4) is 0 Å². The molecule has 0 aromatic heterocycles. The summed E-state index contributed by atoms with van der Waals surface area (Å²) in [5, 5.41) is 12.6. The molecule has 2 rings (SSSR count). The standard InChI is InChI=1S/C17H21N2O3P/c1-14-8-10-15(11-9-14)18-23(22,16-6-4-3-5-7-16)19(2)13-12-17(20)21/h3-11H,12-13H2,1-2H3,(H,18,22)(H,20,21). The van der Waals surface area contributed by atoms with E-state index in [0.29, 0.717) is 5.30 Å². The molecule has 0 bridgehead atoms. The predicted octanol–water partition coefficient (Wildman–Crippen LogP) is 3.33. The molecule has 23 heavy (non-hydrogen) atoms. The van der Waals surface area contributed by atoms with Crippen LogP contribution in [0.15, 0.2) is 54.6 Å². The molecule has 1 unspecified atom stereocenters. The number of aliphatic carboxylic acids is 1. The molecule has 0 fully saturated rings. The minimum Gasteiger partial charge on any atom is -0.481 e. The average Bonchev–Trinajstić information content (AvgIpc) is 2.55. The number of aryl methyl sites for hydroxylation is 1. The van der Waals surface area contributed by atoms with Gasteiger partial charge in [0, 0.05) is 17.5 Å². The topological polar surface area (TPSA) is 69.6 Å². The van der Waals surface area contributed by atoms with Crippen molar-refractivity contribution in [3.8, 4) is 0 Å². The van der Waals surface area contributed by atoms with Crippen molar-refractivity contribution in [1.82, 2.24) is 4.67 Å². The van der Waals surface area contributed by atoms with Gasteiger partial charge in [-0.2, -0.15) is 0 Å². The number of carboxylic acid groups (broad SMARTS) is 1. The number of rotatable bonds is 7. The Labute approximate surface area is 136 Å². The zero-order valence-corrected chi connectivity index (χ0v) is 14.2. The van der Waals surface area contributed by atoms with Gasteiger partial charge in [-0.1, -0.05) is 35.9 Å². The molecule has 6 heteroatoms. The molecule has 0 aliphatic carbocycles. The minimum absolute atomic E-state index is 0.0666. The zero-order valence-electron chi connectivity index (χ0n) is 13.3. The van der Waals surface area contributed by atoms with E-state index >= 15 is 0 Å². The lowest BCUT2D eigenvalue weighted by molar-refractivity contribution is -0.137. The number of anilines is 1. The number of carboxylic acids is 1. The zero-order chi connectivity index (χ0) is 16.9. The fourth-order valence-electron chi connectivity index (χ4n) is 2.18. The maximum atomic E-state index is 13.6. The lowest BCUT2D eigenvalue weighted by Crippen LogP contribution is -2.28. The van der Waals surface area contributed by atoms with Crippen LogP contribution in [0, 0.1) is 6.92 Å². The van der Waals surface area contributed by atoms with Crippen molar-refractivity contribution < 1.29 is 14.5 Å². The van der Waals surface area contributed by atoms with Gasteiger partial charge in [-0.15, -0.1) is 0 Å². The van der Waals surface area contributed by atoms with E-state index in [2.05, 4.69) is 5.09 Å². The van der Waals surface area contributed by atoms with E-state index in [1.165, 1.54) is 0 Å². The lowest BCUT2D eigenvalue weighted by atomic mass is 10.2.